The first-order valence-electron chi connectivity index (χ1n) is 4.73. The normalized spacial score (nSPS) is 21.0. The molecule has 1 nitrogen and oxygen atoms in total. The maximum atomic E-state index is 5.87. The molecular formula is C10H19BrO. The Morgan fingerprint density at radius 3 is 2.33 bits per heavy atom. The molecule has 1 fully saturated rings. The fourth-order valence-corrected chi connectivity index (χ4v) is 1.67. The van der Waals surface area contributed by atoms with E-state index in [9.17, 15) is 0 Å². The van der Waals surface area contributed by atoms with Crippen LogP contribution in [0.5, 0.6) is 0 Å². The van der Waals surface area contributed by atoms with Gasteiger partial charge in [-0.15, -0.1) is 0 Å². The highest BCUT2D eigenvalue weighted by Crippen LogP contribution is 2.47. The Kier molecular flexibility index (Phi) is 3.21. The molecule has 0 amide bonds. The van der Waals surface area contributed by atoms with Crippen molar-refractivity contribution < 1.29 is 4.74 Å². The number of alkyl halides is 1. The summed E-state index contributed by atoms with van der Waals surface area (Å²) >= 11 is 3.54. The highest BCUT2D eigenvalue weighted by atomic mass is 79.9. The molecule has 12 heavy (non-hydrogen) atoms. The molecule has 0 bridgehead atoms. The van der Waals surface area contributed by atoms with Crippen molar-refractivity contribution in [1.29, 1.82) is 0 Å². The summed E-state index contributed by atoms with van der Waals surface area (Å²) in [6, 6.07) is 0. The molecule has 0 N–H and O–H groups in total. The molecule has 0 aromatic heterocycles. The molecule has 72 valence electrons. The molecule has 1 saturated carbocycles. The van der Waals surface area contributed by atoms with Gasteiger partial charge in [0.05, 0.1) is 12.2 Å². The van der Waals surface area contributed by atoms with Crippen LogP contribution >= 0.6 is 15.9 Å². The van der Waals surface area contributed by atoms with Crippen molar-refractivity contribution in [2.24, 2.45) is 5.41 Å². The molecule has 0 aliphatic heterocycles. The van der Waals surface area contributed by atoms with Crippen molar-refractivity contribution in [3.05, 3.63) is 0 Å². The lowest BCUT2D eigenvalue weighted by Crippen LogP contribution is -2.27. The average Bonchev–Trinajstić information content (AvgIpc) is 2.82. The largest absolute Gasteiger partial charge is 0.375 e. The second-order valence-electron chi connectivity index (χ2n) is 4.54. The van der Waals surface area contributed by atoms with Crippen LogP contribution in [0.25, 0.3) is 0 Å². The molecule has 0 radical (unpaired) electrons. The Hall–Kier alpha value is 0.440. The summed E-state index contributed by atoms with van der Waals surface area (Å²) in [5, 5.41) is 1.10. The number of halogens is 1. The Bertz CT molecular complexity index is 144. The zero-order chi connectivity index (χ0) is 9.24. The first-order valence-corrected chi connectivity index (χ1v) is 5.86. The first-order chi connectivity index (χ1) is 5.54. The SMILES string of the molecule is CCC(C)(C)OCC1(CBr)CC1. The fourth-order valence-electron chi connectivity index (χ4n) is 0.944. The molecule has 2 heteroatoms. The second-order valence-corrected chi connectivity index (χ2v) is 5.10. The fraction of sp³-hybridized carbons (Fsp3) is 1.00. The van der Waals surface area contributed by atoms with E-state index in [4.69, 9.17) is 4.74 Å². The summed E-state index contributed by atoms with van der Waals surface area (Å²) in [4.78, 5) is 0. The van der Waals surface area contributed by atoms with Crippen LogP contribution < -0.4 is 0 Å². The highest BCUT2D eigenvalue weighted by molar-refractivity contribution is 9.09. The Balaban J connectivity index is 2.25. The Morgan fingerprint density at radius 1 is 1.42 bits per heavy atom. The predicted molar refractivity (Wildman–Crippen MR) is 55.8 cm³/mol. The van der Waals surface area contributed by atoms with E-state index < -0.39 is 0 Å². The van der Waals surface area contributed by atoms with E-state index in [-0.39, 0.29) is 5.60 Å². The molecule has 0 aromatic carbocycles. The van der Waals surface area contributed by atoms with Crippen molar-refractivity contribution in [2.45, 2.75) is 45.6 Å². The van der Waals surface area contributed by atoms with Gasteiger partial charge in [-0.05, 0) is 33.1 Å². The molecule has 1 aliphatic rings. The summed E-state index contributed by atoms with van der Waals surface area (Å²) in [6.45, 7) is 7.43. The van der Waals surface area contributed by atoms with Crippen molar-refractivity contribution in [3.8, 4) is 0 Å². The van der Waals surface area contributed by atoms with Crippen LogP contribution in [0.3, 0.4) is 0 Å². The minimum atomic E-state index is 0.0672. The summed E-state index contributed by atoms with van der Waals surface area (Å²) < 4.78 is 5.87. The van der Waals surface area contributed by atoms with Gasteiger partial charge in [0, 0.05) is 10.7 Å². The van der Waals surface area contributed by atoms with Gasteiger partial charge in [-0.1, -0.05) is 22.9 Å². The molecule has 0 unspecified atom stereocenters. The summed E-state index contributed by atoms with van der Waals surface area (Å²) in [6.07, 6.45) is 3.75. The second kappa shape index (κ2) is 3.67. The quantitative estimate of drug-likeness (QED) is 0.664. The lowest BCUT2D eigenvalue weighted by atomic mass is 10.1. The third-order valence-electron chi connectivity index (χ3n) is 2.86. The van der Waals surface area contributed by atoms with Crippen molar-refractivity contribution in [2.75, 3.05) is 11.9 Å². The van der Waals surface area contributed by atoms with Gasteiger partial charge in [-0.3, -0.25) is 0 Å². The summed E-state index contributed by atoms with van der Waals surface area (Å²) in [7, 11) is 0. The molecule has 0 aromatic rings. The highest BCUT2D eigenvalue weighted by Gasteiger charge is 2.42. The van der Waals surface area contributed by atoms with Crippen molar-refractivity contribution in [1.82, 2.24) is 0 Å². The minimum absolute atomic E-state index is 0.0672. The maximum absolute atomic E-state index is 5.87. The van der Waals surface area contributed by atoms with E-state index >= 15 is 0 Å². The van der Waals surface area contributed by atoms with E-state index in [1.807, 2.05) is 0 Å². The monoisotopic (exact) mass is 234 g/mol. The third-order valence-corrected chi connectivity index (χ3v) is 4.05. The van der Waals surface area contributed by atoms with Crippen LogP contribution in [0.4, 0.5) is 0 Å². The molecule has 0 saturated heterocycles. The Morgan fingerprint density at radius 2 is 2.00 bits per heavy atom. The van der Waals surface area contributed by atoms with Crippen LogP contribution in [0.15, 0.2) is 0 Å². The number of ether oxygens (including phenoxy) is 1. The van der Waals surface area contributed by atoms with Crippen LogP contribution in [0.1, 0.15) is 40.0 Å². The topological polar surface area (TPSA) is 9.23 Å². The number of rotatable bonds is 5. The van der Waals surface area contributed by atoms with Gasteiger partial charge in [0.2, 0.25) is 0 Å². The predicted octanol–water partition coefficient (Wildman–Crippen LogP) is 3.37. The standard InChI is InChI=1S/C10H19BrO/c1-4-9(2,3)12-8-10(7-11)5-6-10/h4-8H2,1-3H3. The third kappa shape index (κ3) is 2.74. The minimum Gasteiger partial charge on any atom is -0.375 e. The van der Waals surface area contributed by atoms with E-state index in [0.29, 0.717) is 5.41 Å². The number of hydrogen-bond acceptors (Lipinski definition) is 1. The van der Waals surface area contributed by atoms with Crippen LogP contribution in [0.2, 0.25) is 0 Å². The van der Waals surface area contributed by atoms with Crippen LogP contribution in [0, 0.1) is 5.41 Å². The van der Waals surface area contributed by atoms with Gasteiger partial charge in [0.15, 0.2) is 0 Å². The van der Waals surface area contributed by atoms with Gasteiger partial charge in [0.25, 0.3) is 0 Å². The van der Waals surface area contributed by atoms with Crippen LogP contribution in [-0.4, -0.2) is 17.5 Å². The maximum Gasteiger partial charge on any atom is 0.0624 e. The Labute approximate surface area is 84.0 Å². The molecule has 1 aliphatic carbocycles. The zero-order valence-electron chi connectivity index (χ0n) is 8.32. The lowest BCUT2D eigenvalue weighted by Gasteiger charge is -2.26. The van der Waals surface area contributed by atoms with Gasteiger partial charge < -0.3 is 4.74 Å². The van der Waals surface area contributed by atoms with Gasteiger partial charge >= 0.3 is 0 Å². The molecule has 0 spiro atoms. The van der Waals surface area contributed by atoms with E-state index in [1.54, 1.807) is 0 Å². The first kappa shape index (κ1) is 10.5. The summed E-state index contributed by atoms with van der Waals surface area (Å²) in [5.41, 5.74) is 0.560. The summed E-state index contributed by atoms with van der Waals surface area (Å²) in [5.74, 6) is 0. The molecule has 0 heterocycles. The van der Waals surface area contributed by atoms with Gasteiger partial charge in [-0.2, -0.15) is 0 Å². The molecule has 0 atom stereocenters. The zero-order valence-corrected chi connectivity index (χ0v) is 9.91. The van der Waals surface area contributed by atoms with E-state index in [0.717, 1.165) is 18.4 Å². The van der Waals surface area contributed by atoms with Gasteiger partial charge in [0.1, 0.15) is 0 Å². The van der Waals surface area contributed by atoms with Crippen molar-refractivity contribution >= 4 is 15.9 Å². The van der Waals surface area contributed by atoms with E-state index in [2.05, 4.69) is 36.7 Å². The number of hydrogen-bond donors (Lipinski definition) is 0. The molecular weight excluding hydrogens is 216 g/mol. The van der Waals surface area contributed by atoms with Gasteiger partial charge in [-0.25, -0.2) is 0 Å². The smallest absolute Gasteiger partial charge is 0.0624 e. The lowest BCUT2D eigenvalue weighted by molar-refractivity contribution is -0.0389. The average molecular weight is 235 g/mol. The van der Waals surface area contributed by atoms with Crippen LogP contribution in [-0.2, 0) is 4.74 Å². The van der Waals surface area contributed by atoms with E-state index in [1.165, 1.54) is 12.8 Å². The van der Waals surface area contributed by atoms with Crippen molar-refractivity contribution in [3.63, 3.8) is 0 Å². The molecule has 1 rings (SSSR count).